The first-order chi connectivity index (χ1) is 8.82. The Morgan fingerprint density at radius 3 is 2.58 bits per heavy atom. The van der Waals surface area contributed by atoms with Crippen LogP contribution in [0.1, 0.15) is 24.2 Å². The summed E-state index contributed by atoms with van der Waals surface area (Å²) in [6.45, 7) is 4.63. The van der Waals surface area contributed by atoms with Crippen molar-refractivity contribution in [3.8, 4) is 0 Å². The highest BCUT2D eigenvalue weighted by atomic mass is 35.5. The molecular formula is C14H20ClFN2O. The van der Waals surface area contributed by atoms with Crippen molar-refractivity contribution in [1.29, 1.82) is 0 Å². The summed E-state index contributed by atoms with van der Waals surface area (Å²) in [6, 6.07) is 4.16. The summed E-state index contributed by atoms with van der Waals surface area (Å²) >= 11 is 5.77. The second-order valence-electron chi connectivity index (χ2n) is 5.11. The van der Waals surface area contributed by atoms with Gasteiger partial charge in [0.2, 0.25) is 0 Å². The maximum absolute atomic E-state index is 13.5. The molecule has 1 aromatic carbocycles. The molecule has 1 N–H and O–H groups in total. The topological polar surface area (TPSA) is 32.3 Å². The van der Waals surface area contributed by atoms with Gasteiger partial charge in [0.05, 0.1) is 5.56 Å². The minimum absolute atomic E-state index is 0.0197. The first kappa shape index (κ1) is 15.9. The molecule has 0 aliphatic rings. The third-order valence-electron chi connectivity index (χ3n) is 3.08. The van der Waals surface area contributed by atoms with Gasteiger partial charge in [-0.15, -0.1) is 0 Å². The number of carbonyl (C=O) groups excluding carboxylic acids is 1. The van der Waals surface area contributed by atoms with E-state index < -0.39 is 11.7 Å². The van der Waals surface area contributed by atoms with Crippen LogP contribution < -0.4 is 5.32 Å². The van der Waals surface area contributed by atoms with Gasteiger partial charge in [0.25, 0.3) is 5.91 Å². The smallest absolute Gasteiger partial charge is 0.254 e. The van der Waals surface area contributed by atoms with E-state index in [1.165, 1.54) is 18.2 Å². The van der Waals surface area contributed by atoms with Crippen molar-refractivity contribution in [2.24, 2.45) is 5.92 Å². The lowest BCUT2D eigenvalue weighted by Crippen LogP contribution is -2.43. The lowest BCUT2D eigenvalue weighted by Gasteiger charge is -2.28. The fourth-order valence-corrected chi connectivity index (χ4v) is 2.15. The van der Waals surface area contributed by atoms with Crippen LogP contribution in [0.15, 0.2) is 18.2 Å². The van der Waals surface area contributed by atoms with Crippen LogP contribution in [-0.2, 0) is 0 Å². The molecule has 1 atom stereocenters. The molecule has 0 saturated heterocycles. The van der Waals surface area contributed by atoms with Gasteiger partial charge < -0.3 is 10.2 Å². The molecule has 1 rings (SSSR count). The zero-order chi connectivity index (χ0) is 14.6. The number of likely N-dealkylation sites (N-methyl/N-ethyl adjacent to an activating group) is 1. The standard InChI is InChI=1S/C14H20ClFN2O/c1-9(2)13(18(3)4)8-17-14(19)11-7-10(15)5-6-12(11)16/h5-7,9,13H,8H2,1-4H3,(H,17,19). The Hall–Kier alpha value is -1.13. The first-order valence-electron chi connectivity index (χ1n) is 6.22. The second kappa shape index (κ2) is 6.87. The van der Waals surface area contributed by atoms with Crippen molar-refractivity contribution in [3.63, 3.8) is 0 Å². The van der Waals surface area contributed by atoms with E-state index in [1.54, 1.807) is 0 Å². The van der Waals surface area contributed by atoms with Gasteiger partial charge in [-0.3, -0.25) is 4.79 Å². The molecule has 1 amide bonds. The van der Waals surface area contributed by atoms with E-state index in [1.807, 2.05) is 19.0 Å². The van der Waals surface area contributed by atoms with Gasteiger partial charge in [-0.05, 0) is 38.2 Å². The van der Waals surface area contributed by atoms with Crippen molar-refractivity contribution < 1.29 is 9.18 Å². The van der Waals surface area contributed by atoms with Crippen molar-refractivity contribution >= 4 is 17.5 Å². The van der Waals surface area contributed by atoms with Gasteiger partial charge in [-0.1, -0.05) is 25.4 Å². The number of rotatable bonds is 5. The molecule has 1 unspecified atom stereocenters. The van der Waals surface area contributed by atoms with Crippen molar-refractivity contribution in [1.82, 2.24) is 10.2 Å². The Morgan fingerprint density at radius 2 is 2.05 bits per heavy atom. The molecule has 0 heterocycles. The van der Waals surface area contributed by atoms with Crippen LogP contribution in [0.5, 0.6) is 0 Å². The Kier molecular flexibility index (Phi) is 5.76. The van der Waals surface area contributed by atoms with E-state index in [0.29, 0.717) is 17.5 Å². The Labute approximate surface area is 118 Å². The largest absolute Gasteiger partial charge is 0.350 e. The highest BCUT2D eigenvalue weighted by molar-refractivity contribution is 6.30. The number of amides is 1. The lowest BCUT2D eigenvalue weighted by molar-refractivity contribution is 0.0930. The second-order valence-corrected chi connectivity index (χ2v) is 5.55. The Bertz CT molecular complexity index is 441. The number of hydrogen-bond acceptors (Lipinski definition) is 2. The van der Waals surface area contributed by atoms with E-state index in [0.717, 1.165) is 0 Å². The SMILES string of the molecule is CC(C)C(CNC(=O)c1cc(Cl)ccc1F)N(C)C. The predicted octanol–water partition coefficient (Wildman–Crippen LogP) is 2.80. The summed E-state index contributed by atoms with van der Waals surface area (Å²) in [5.41, 5.74) is -0.0197. The van der Waals surface area contributed by atoms with E-state index in [2.05, 4.69) is 19.2 Å². The number of benzene rings is 1. The minimum Gasteiger partial charge on any atom is -0.350 e. The third kappa shape index (κ3) is 4.48. The average molecular weight is 287 g/mol. The molecule has 106 valence electrons. The van der Waals surface area contributed by atoms with Crippen LogP contribution in [0.3, 0.4) is 0 Å². The molecule has 19 heavy (non-hydrogen) atoms. The van der Waals surface area contributed by atoms with Crippen LogP contribution in [-0.4, -0.2) is 37.5 Å². The molecule has 0 aliphatic heterocycles. The first-order valence-corrected chi connectivity index (χ1v) is 6.60. The molecule has 0 radical (unpaired) electrons. The third-order valence-corrected chi connectivity index (χ3v) is 3.31. The van der Waals surface area contributed by atoms with Crippen LogP contribution in [0.25, 0.3) is 0 Å². The average Bonchev–Trinajstić information content (AvgIpc) is 2.31. The zero-order valence-electron chi connectivity index (χ0n) is 11.7. The molecule has 1 aromatic rings. The fourth-order valence-electron chi connectivity index (χ4n) is 1.98. The fraction of sp³-hybridized carbons (Fsp3) is 0.500. The van der Waals surface area contributed by atoms with Crippen LogP contribution in [0.4, 0.5) is 4.39 Å². The molecule has 0 aromatic heterocycles. The maximum Gasteiger partial charge on any atom is 0.254 e. The predicted molar refractivity (Wildman–Crippen MR) is 76.1 cm³/mol. The van der Waals surface area contributed by atoms with Crippen LogP contribution >= 0.6 is 11.6 Å². The van der Waals surface area contributed by atoms with Gasteiger partial charge in [0.15, 0.2) is 0 Å². The number of nitrogens with one attached hydrogen (secondary N) is 1. The molecule has 3 nitrogen and oxygen atoms in total. The van der Waals surface area contributed by atoms with Crippen molar-refractivity contribution in [2.45, 2.75) is 19.9 Å². The monoisotopic (exact) mass is 286 g/mol. The molecular weight excluding hydrogens is 267 g/mol. The van der Waals surface area contributed by atoms with Gasteiger partial charge in [-0.25, -0.2) is 4.39 Å². The molecule has 0 spiro atoms. The van der Waals surface area contributed by atoms with Crippen molar-refractivity contribution in [2.75, 3.05) is 20.6 Å². The van der Waals surface area contributed by atoms with Crippen LogP contribution in [0.2, 0.25) is 5.02 Å². The summed E-state index contributed by atoms with van der Waals surface area (Å²) in [5, 5.41) is 3.10. The maximum atomic E-state index is 13.5. The Morgan fingerprint density at radius 1 is 1.42 bits per heavy atom. The normalized spacial score (nSPS) is 12.8. The summed E-state index contributed by atoms with van der Waals surface area (Å²) < 4.78 is 13.5. The lowest BCUT2D eigenvalue weighted by atomic mass is 10.0. The van der Waals surface area contributed by atoms with Crippen molar-refractivity contribution in [3.05, 3.63) is 34.6 Å². The van der Waals surface area contributed by atoms with Crippen LogP contribution in [0, 0.1) is 11.7 Å². The van der Waals surface area contributed by atoms with Gasteiger partial charge in [0.1, 0.15) is 5.82 Å². The van der Waals surface area contributed by atoms with E-state index >= 15 is 0 Å². The zero-order valence-corrected chi connectivity index (χ0v) is 12.5. The van der Waals surface area contributed by atoms with E-state index in [-0.39, 0.29) is 11.6 Å². The minimum atomic E-state index is -0.562. The van der Waals surface area contributed by atoms with E-state index in [4.69, 9.17) is 11.6 Å². The summed E-state index contributed by atoms with van der Waals surface area (Å²) in [6.07, 6.45) is 0. The quantitative estimate of drug-likeness (QED) is 0.903. The molecule has 0 saturated carbocycles. The molecule has 5 heteroatoms. The highest BCUT2D eigenvalue weighted by Crippen LogP contribution is 2.15. The highest BCUT2D eigenvalue weighted by Gasteiger charge is 2.18. The summed E-state index contributed by atoms with van der Waals surface area (Å²) in [4.78, 5) is 14.0. The molecule has 0 aliphatic carbocycles. The Balaban J connectivity index is 2.72. The van der Waals surface area contributed by atoms with Gasteiger partial charge in [-0.2, -0.15) is 0 Å². The molecule has 0 fully saturated rings. The van der Waals surface area contributed by atoms with Gasteiger partial charge in [0, 0.05) is 17.6 Å². The number of carbonyl (C=O) groups is 1. The number of hydrogen-bond donors (Lipinski definition) is 1. The number of halogens is 2. The molecule has 0 bridgehead atoms. The number of nitrogens with zero attached hydrogens (tertiary/aromatic N) is 1. The summed E-state index contributed by atoms with van der Waals surface area (Å²) in [7, 11) is 3.91. The summed E-state index contributed by atoms with van der Waals surface area (Å²) in [5.74, 6) is -0.611. The van der Waals surface area contributed by atoms with E-state index in [9.17, 15) is 9.18 Å². The van der Waals surface area contributed by atoms with Gasteiger partial charge >= 0.3 is 0 Å².